The predicted molar refractivity (Wildman–Crippen MR) is 83.2 cm³/mol. The average molecular weight is 294 g/mol. The molecule has 0 saturated heterocycles. The van der Waals surface area contributed by atoms with Crippen molar-refractivity contribution in [1.29, 1.82) is 0 Å². The predicted octanol–water partition coefficient (Wildman–Crippen LogP) is 2.31. The molecule has 0 radical (unpaired) electrons. The largest absolute Gasteiger partial charge is 0.369 e. The molecule has 1 aliphatic carbocycles. The summed E-state index contributed by atoms with van der Waals surface area (Å²) in [5, 5.41) is 6.74. The lowest BCUT2D eigenvalue weighted by molar-refractivity contribution is 0.0933. The Bertz CT molecular complexity index is 437. The molecule has 1 heterocycles. The van der Waals surface area contributed by atoms with Gasteiger partial charge in [-0.1, -0.05) is 13.3 Å². The Morgan fingerprint density at radius 1 is 1.40 bits per heavy atom. The second-order valence-electron chi connectivity index (χ2n) is 5.00. The Balaban J connectivity index is 1.92. The molecular weight excluding hydrogens is 272 g/mol. The molecule has 0 bridgehead atoms. The van der Waals surface area contributed by atoms with Gasteiger partial charge >= 0.3 is 0 Å². The van der Waals surface area contributed by atoms with E-state index < -0.39 is 0 Å². The van der Waals surface area contributed by atoms with Crippen LogP contribution < -0.4 is 10.6 Å². The summed E-state index contributed by atoms with van der Waals surface area (Å²) in [6.45, 7) is 2.95. The van der Waals surface area contributed by atoms with E-state index in [0.29, 0.717) is 16.8 Å². The van der Waals surface area contributed by atoms with E-state index in [1.54, 1.807) is 6.20 Å². The average Bonchev–Trinajstić information content (AvgIpc) is 2.92. The fraction of sp³-hybridized carbons (Fsp3) is 0.643. The second kappa shape index (κ2) is 7.47. The van der Waals surface area contributed by atoms with Gasteiger partial charge in [-0.15, -0.1) is 0 Å². The summed E-state index contributed by atoms with van der Waals surface area (Å²) in [4.78, 5) is 20.5. The first-order valence-electron chi connectivity index (χ1n) is 7.14. The third-order valence-electron chi connectivity index (χ3n) is 3.51. The fourth-order valence-electron chi connectivity index (χ4n) is 2.41. The number of nitrogens with one attached hydrogen (secondary N) is 2. The molecule has 6 heteroatoms. The molecule has 2 rings (SSSR count). The number of carbonyl (C=O) groups excluding carboxylic acids is 1. The van der Waals surface area contributed by atoms with Gasteiger partial charge in [-0.25, -0.2) is 9.97 Å². The maximum absolute atomic E-state index is 12.1. The summed E-state index contributed by atoms with van der Waals surface area (Å²) >= 11 is 1.83. The number of hydrogen-bond donors (Lipinski definition) is 2. The molecule has 1 saturated carbocycles. The van der Waals surface area contributed by atoms with Gasteiger partial charge in [-0.05, 0) is 25.5 Å². The van der Waals surface area contributed by atoms with Gasteiger partial charge in [0.05, 0.1) is 12.4 Å². The van der Waals surface area contributed by atoms with Crippen LogP contribution in [0.25, 0.3) is 0 Å². The van der Waals surface area contributed by atoms with Crippen LogP contribution in [0.5, 0.6) is 0 Å². The number of rotatable bonds is 6. The van der Waals surface area contributed by atoms with Crippen molar-refractivity contribution >= 4 is 23.5 Å². The molecule has 1 aliphatic rings. The van der Waals surface area contributed by atoms with Gasteiger partial charge in [0, 0.05) is 17.8 Å². The first-order chi connectivity index (χ1) is 9.74. The van der Waals surface area contributed by atoms with Crippen LogP contribution in [-0.4, -0.2) is 40.0 Å². The van der Waals surface area contributed by atoms with Gasteiger partial charge in [-0.2, -0.15) is 11.8 Å². The Kier molecular flexibility index (Phi) is 5.64. The first-order valence-corrected chi connectivity index (χ1v) is 8.43. The van der Waals surface area contributed by atoms with E-state index in [1.165, 1.54) is 19.0 Å². The van der Waals surface area contributed by atoms with E-state index in [9.17, 15) is 4.79 Å². The van der Waals surface area contributed by atoms with E-state index in [2.05, 4.69) is 33.8 Å². The van der Waals surface area contributed by atoms with Crippen LogP contribution in [0.3, 0.4) is 0 Å². The standard InChI is InChI=1S/C14H22N4OS/c1-3-7-15-13-9-16-11(8-17-13)14(19)18-10-5-4-6-12(10)20-2/h8-10,12H,3-7H2,1-2H3,(H,15,17)(H,18,19). The molecule has 2 atom stereocenters. The monoisotopic (exact) mass is 294 g/mol. The highest BCUT2D eigenvalue weighted by atomic mass is 32.2. The van der Waals surface area contributed by atoms with Crippen LogP contribution >= 0.6 is 11.8 Å². The number of nitrogens with zero attached hydrogens (tertiary/aromatic N) is 2. The van der Waals surface area contributed by atoms with Crippen LogP contribution in [-0.2, 0) is 0 Å². The zero-order valence-electron chi connectivity index (χ0n) is 12.1. The molecule has 5 nitrogen and oxygen atoms in total. The van der Waals surface area contributed by atoms with Gasteiger partial charge in [0.15, 0.2) is 0 Å². The molecule has 1 aromatic rings. The van der Waals surface area contributed by atoms with Crippen LogP contribution in [0.15, 0.2) is 12.4 Å². The fourth-order valence-corrected chi connectivity index (χ4v) is 3.34. The van der Waals surface area contributed by atoms with E-state index in [1.807, 2.05) is 11.8 Å². The first kappa shape index (κ1) is 15.1. The van der Waals surface area contributed by atoms with Crippen molar-refractivity contribution in [3.8, 4) is 0 Å². The summed E-state index contributed by atoms with van der Waals surface area (Å²) in [5.41, 5.74) is 0.388. The Hall–Kier alpha value is -1.30. The second-order valence-corrected chi connectivity index (χ2v) is 6.08. The molecule has 0 spiro atoms. The van der Waals surface area contributed by atoms with E-state index in [0.717, 1.165) is 19.4 Å². The highest BCUT2D eigenvalue weighted by Crippen LogP contribution is 2.28. The summed E-state index contributed by atoms with van der Waals surface area (Å²) in [6, 6.07) is 0.261. The van der Waals surface area contributed by atoms with Crippen molar-refractivity contribution in [3.63, 3.8) is 0 Å². The smallest absolute Gasteiger partial charge is 0.271 e. The maximum Gasteiger partial charge on any atom is 0.271 e. The van der Waals surface area contributed by atoms with E-state index >= 15 is 0 Å². The zero-order valence-corrected chi connectivity index (χ0v) is 12.9. The number of aromatic nitrogens is 2. The molecule has 0 aromatic carbocycles. The van der Waals surface area contributed by atoms with Crippen LogP contribution in [0, 0.1) is 0 Å². The normalized spacial score (nSPS) is 21.7. The number of carbonyl (C=O) groups is 1. The van der Waals surface area contributed by atoms with Gasteiger partial charge in [0.25, 0.3) is 5.91 Å². The molecule has 20 heavy (non-hydrogen) atoms. The maximum atomic E-state index is 12.1. The minimum Gasteiger partial charge on any atom is -0.369 e. The number of hydrogen-bond acceptors (Lipinski definition) is 5. The lowest BCUT2D eigenvalue weighted by Gasteiger charge is -2.18. The summed E-state index contributed by atoms with van der Waals surface area (Å²) in [7, 11) is 0. The third-order valence-corrected chi connectivity index (χ3v) is 4.68. The summed E-state index contributed by atoms with van der Waals surface area (Å²) in [5.74, 6) is 0.594. The SMILES string of the molecule is CCCNc1cnc(C(=O)NC2CCCC2SC)cn1. The minimum atomic E-state index is -0.120. The lowest BCUT2D eigenvalue weighted by atomic mass is 10.2. The zero-order chi connectivity index (χ0) is 14.4. The molecule has 1 fully saturated rings. The van der Waals surface area contributed by atoms with Crippen molar-refractivity contribution in [1.82, 2.24) is 15.3 Å². The molecular formula is C14H22N4OS. The van der Waals surface area contributed by atoms with E-state index in [4.69, 9.17) is 0 Å². The molecule has 1 amide bonds. The van der Waals surface area contributed by atoms with Crippen LogP contribution in [0.4, 0.5) is 5.82 Å². The summed E-state index contributed by atoms with van der Waals surface area (Å²) < 4.78 is 0. The molecule has 110 valence electrons. The van der Waals surface area contributed by atoms with Gasteiger partial charge < -0.3 is 10.6 Å². The quantitative estimate of drug-likeness (QED) is 0.843. The highest BCUT2D eigenvalue weighted by Gasteiger charge is 2.28. The number of thioether (sulfide) groups is 1. The van der Waals surface area contributed by atoms with Gasteiger partial charge in [0.1, 0.15) is 11.5 Å². The topological polar surface area (TPSA) is 66.9 Å². The van der Waals surface area contributed by atoms with Crippen molar-refractivity contribution in [2.24, 2.45) is 0 Å². The van der Waals surface area contributed by atoms with Crippen molar-refractivity contribution in [2.45, 2.75) is 43.9 Å². The molecule has 2 N–H and O–H groups in total. The van der Waals surface area contributed by atoms with Gasteiger partial charge in [0.2, 0.25) is 0 Å². The molecule has 1 aromatic heterocycles. The molecule has 0 aliphatic heterocycles. The number of anilines is 1. The minimum absolute atomic E-state index is 0.120. The van der Waals surface area contributed by atoms with Crippen LogP contribution in [0.1, 0.15) is 43.1 Å². The van der Waals surface area contributed by atoms with E-state index in [-0.39, 0.29) is 11.9 Å². The molecule has 2 unspecified atom stereocenters. The Morgan fingerprint density at radius 2 is 2.25 bits per heavy atom. The third kappa shape index (κ3) is 3.85. The van der Waals surface area contributed by atoms with Crippen molar-refractivity contribution in [3.05, 3.63) is 18.1 Å². The van der Waals surface area contributed by atoms with Crippen LogP contribution in [0.2, 0.25) is 0 Å². The van der Waals surface area contributed by atoms with Gasteiger partial charge in [-0.3, -0.25) is 4.79 Å². The number of amides is 1. The Morgan fingerprint density at radius 3 is 2.90 bits per heavy atom. The Labute approximate surface area is 124 Å². The summed E-state index contributed by atoms with van der Waals surface area (Å²) in [6.07, 6.45) is 9.70. The highest BCUT2D eigenvalue weighted by molar-refractivity contribution is 7.99. The van der Waals surface area contributed by atoms with Crippen molar-refractivity contribution in [2.75, 3.05) is 18.1 Å². The van der Waals surface area contributed by atoms with Crippen molar-refractivity contribution < 1.29 is 4.79 Å². The lowest BCUT2D eigenvalue weighted by Crippen LogP contribution is -2.39.